The number of hydrogen-bond acceptors (Lipinski definition) is 5. The van der Waals surface area contributed by atoms with E-state index in [0.717, 1.165) is 6.07 Å². The predicted octanol–water partition coefficient (Wildman–Crippen LogP) is 3.98. The molecule has 152 valence electrons. The van der Waals surface area contributed by atoms with E-state index in [1.165, 1.54) is 22.2 Å². The molecule has 0 radical (unpaired) electrons. The van der Waals surface area contributed by atoms with Crippen molar-refractivity contribution in [2.45, 2.75) is 24.9 Å². The van der Waals surface area contributed by atoms with Crippen LogP contribution in [0.4, 0.5) is 13.2 Å². The summed E-state index contributed by atoms with van der Waals surface area (Å²) >= 11 is 1.32. The van der Waals surface area contributed by atoms with E-state index in [1.807, 2.05) is 0 Å². The number of halogens is 3. The second kappa shape index (κ2) is 7.58. The number of rotatable bonds is 3. The van der Waals surface area contributed by atoms with E-state index < -0.39 is 11.9 Å². The summed E-state index contributed by atoms with van der Waals surface area (Å²) in [5, 5.41) is 5.80. The first-order chi connectivity index (χ1) is 13.8. The van der Waals surface area contributed by atoms with Gasteiger partial charge in [-0.05, 0) is 36.4 Å². The number of carbonyl (C=O) groups excluding carboxylic acids is 1. The Hall–Kier alpha value is -2.75. The Morgan fingerprint density at radius 1 is 1.28 bits per heavy atom. The zero-order chi connectivity index (χ0) is 20.6. The van der Waals surface area contributed by atoms with Crippen LogP contribution >= 0.6 is 11.3 Å². The first-order valence-electron chi connectivity index (χ1n) is 9.10. The molecule has 1 saturated heterocycles. The zero-order valence-electron chi connectivity index (χ0n) is 15.6. The quantitative estimate of drug-likeness (QED) is 0.642. The van der Waals surface area contributed by atoms with Gasteiger partial charge in [-0.3, -0.25) is 9.48 Å². The van der Waals surface area contributed by atoms with Crippen molar-refractivity contribution < 1.29 is 18.0 Å². The average molecular weight is 421 g/mol. The fourth-order valence-corrected chi connectivity index (χ4v) is 4.15. The second-order valence-corrected chi connectivity index (χ2v) is 7.85. The Kier molecular flexibility index (Phi) is 5.12. The summed E-state index contributed by atoms with van der Waals surface area (Å²) in [4.78, 5) is 23.3. The molecule has 1 aliphatic rings. The molecule has 0 unspecified atom stereocenters. The Labute approximate surface area is 169 Å². The van der Waals surface area contributed by atoms with Gasteiger partial charge in [0, 0.05) is 32.3 Å². The molecule has 1 amide bonds. The lowest BCUT2D eigenvalue weighted by Gasteiger charge is -2.32. The maximum Gasteiger partial charge on any atom is 0.433 e. The van der Waals surface area contributed by atoms with Gasteiger partial charge in [-0.1, -0.05) is 6.07 Å². The van der Waals surface area contributed by atoms with E-state index in [-0.39, 0.29) is 29.9 Å². The highest BCUT2D eigenvalue weighted by Gasteiger charge is 2.36. The highest BCUT2D eigenvalue weighted by Crippen LogP contribution is 2.34. The summed E-state index contributed by atoms with van der Waals surface area (Å²) in [6, 6.07) is 6.11. The lowest BCUT2D eigenvalue weighted by atomic mass is 9.96. The first kappa shape index (κ1) is 19.6. The molecule has 1 aliphatic heterocycles. The van der Waals surface area contributed by atoms with E-state index in [1.54, 1.807) is 35.5 Å². The molecule has 0 bridgehead atoms. The van der Waals surface area contributed by atoms with Crippen LogP contribution in [0.15, 0.2) is 35.8 Å². The molecule has 0 aromatic carbocycles. The smallest absolute Gasteiger partial charge is 0.337 e. The van der Waals surface area contributed by atoms with Crippen molar-refractivity contribution in [1.29, 1.82) is 0 Å². The van der Waals surface area contributed by atoms with Crippen LogP contribution in [0.25, 0.3) is 10.6 Å². The van der Waals surface area contributed by atoms with Crippen molar-refractivity contribution in [3.05, 3.63) is 53.1 Å². The van der Waals surface area contributed by atoms with Gasteiger partial charge in [0.25, 0.3) is 5.91 Å². The van der Waals surface area contributed by atoms with E-state index in [0.29, 0.717) is 30.0 Å². The van der Waals surface area contributed by atoms with Gasteiger partial charge in [0.05, 0.1) is 10.6 Å². The SMILES string of the molecule is Cn1nccc1C(=O)N1CCC[C@H](c2nc(-c3cccs3)cc(C(F)(F)F)n2)C1. The zero-order valence-corrected chi connectivity index (χ0v) is 16.4. The molecule has 0 spiro atoms. The van der Waals surface area contributed by atoms with Gasteiger partial charge in [0.15, 0.2) is 0 Å². The van der Waals surface area contributed by atoms with E-state index in [4.69, 9.17) is 0 Å². The largest absolute Gasteiger partial charge is 0.433 e. The number of carbonyl (C=O) groups is 1. The van der Waals surface area contributed by atoms with Gasteiger partial charge in [0.1, 0.15) is 17.2 Å². The summed E-state index contributed by atoms with van der Waals surface area (Å²) in [6.45, 7) is 0.812. The Bertz CT molecular complexity index is 1020. The van der Waals surface area contributed by atoms with E-state index in [2.05, 4.69) is 15.1 Å². The molecule has 1 fully saturated rings. The minimum absolute atomic E-state index is 0.130. The standard InChI is InChI=1S/C19H18F3N5OS/c1-26-14(6-7-23-26)18(28)27-8-2-4-12(11-27)17-24-13(15-5-3-9-29-15)10-16(25-17)19(20,21)22/h3,5-7,9-10,12H,2,4,8,11H2,1H3/t12-/m0/s1. The number of aromatic nitrogens is 4. The molecule has 10 heteroatoms. The molecule has 29 heavy (non-hydrogen) atoms. The second-order valence-electron chi connectivity index (χ2n) is 6.90. The topological polar surface area (TPSA) is 63.9 Å². The Balaban J connectivity index is 1.65. The molecule has 0 saturated carbocycles. The third-order valence-electron chi connectivity index (χ3n) is 4.92. The molecular formula is C19H18F3N5OS. The van der Waals surface area contributed by atoms with Crippen LogP contribution in [-0.4, -0.2) is 43.6 Å². The van der Waals surface area contributed by atoms with Crippen LogP contribution in [0.5, 0.6) is 0 Å². The molecule has 1 atom stereocenters. The van der Waals surface area contributed by atoms with Gasteiger partial charge in [-0.15, -0.1) is 11.3 Å². The van der Waals surface area contributed by atoms with Crippen molar-refractivity contribution in [1.82, 2.24) is 24.6 Å². The molecular weight excluding hydrogens is 403 g/mol. The number of amides is 1. The maximum absolute atomic E-state index is 13.4. The molecule has 4 heterocycles. The lowest BCUT2D eigenvalue weighted by Crippen LogP contribution is -2.40. The van der Waals surface area contributed by atoms with Gasteiger partial charge in [0.2, 0.25) is 0 Å². The van der Waals surface area contributed by atoms with Crippen molar-refractivity contribution in [2.24, 2.45) is 7.05 Å². The molecule has 3 aromatic heterocycles. The summed E-state index contributed by atoms with van der Waals surface area (Å²) in [6.07, 6.45) is -1.73. The number of piperidine rings is 1. The van der Waals surface area contributed by atoms with Crippen molar-refractivity contribution >= 4 is 17.2 Å². The molecule has 0 N–H and O–H groups in total. The normalized spacial score (nSPS) is 17.5. The highest BCUT2D eigenvalue weighted by molar-refractivity contribution is 7.13. The molecule has 6 nitrogen and oxygen atoms in total. The third-order valence-corrected chi connectivity index (χ3v) is 5.81. The summed E-state index contributed by atoms with van der Waals surface area (Å²) in [5.41, 5.74) is -0.261. The fraction of sp³-hybridized carbons (Fsp3) is 0.368. The fourth-order valence-electron chi connectivity index (χ4n) is 3.46. The van der Waals surface area contributed by atoms with Crippen LogP contribution in [0.3, 0.4) is 0 Å². The summed E-state index contributed by atoms with van der Waals surface area (Å²) in [5.74, 6) is -0.423. The van der Waals surface area contributed by atoms with Crippen LogP contribution < -0.4 is 0 Å². The first-order valence-corrected chi connectivity index (χ1v) is 9.98. The Morgan fingerprint density at radius 3 is 2.76 bits per heavy atom. The van der Waals surface area contributed by atoms with Gasteiger partial charge in [-0.2, -0.15) is 18.3 Å². The van der Waals surface area contributed by atoms with E-state index in [9.17, 15) is 18.0 Å². The molecule has 4 rings (SSSR count). The number of alkyl halides is 3. The minimum atomic E-state index is -4.57. The third kappa shape index (κ3) is 4.02. The summed E-state index contributed by atoms with van der Waals surface area (Å²) in [7, 11) is 1.68. The van der Waals surface area contributed by atoms with Gasteiger partial charge >= 0.3 is 6.18 Å². The number of aryl methyl sites for hydroxylation is 1. The van der Waals surface area contributed by atoms with Crippen LogP contribution in [-0.2, 0) is 13.2 Å². The molecule has 0 aliphatic carbocycles. The summed E-state index contributed by atoms with van der Waals surface area (Å²) < 4.78 is 41.8. The van der Waals surface area contributed by atoms with Gasteiger partial charge < -0.3 is 4.90 Å². The number of hydrogen-bond donors (Lipinski definition) is 0. The average Bonchev–Trinajstić information content (AvgIpc) is 3.38. The number of thiophene rings is 1. The van der Waals surface area contributed by atoms with Crippen molar-refractivity contribution in [3.8, 4) is 10.6 Å². The van der Waals surface area contributed by atoms with Crippen molar-refractivity contribution in [3.63, 3.8) is 0 Å². The number of nitrogens with zero attached hydrogens (tertiary/aromatic N) is 5. The van der Waals surface area contributed by atoms with Crippen LogP contribution in [0.1, 0.15) is 40.8 Å². The molecule has 3 aromatic rings. The Morgan fingerprint density at radius 2 is 2.10 bits per heavy atom. The van der Waals surface area contributed by atoms with Crippen molar-refractivity contribution in [2.75, 3.05) is 13.1 Å². The minimum Gasteiger partial charge on any atom is -0.337 e. The predicted molar refractivity (Wildman–Crippen MR) is 101 cm³/mol. The van der Waals surface area contributed by atoms with E-state index >= 15 is 0 Å². The lowest BCUT2D eigenvalue weighted by molar-refractivity contribution is -0.141. The number of likely N-dealkylation sites (tertiary alicyclic amines) is 1. The maximum atomic E-state index is 13.4. The van der Waals surface area contributed by atoms with Gasteiger partial charge in [-0.25, -0.2) is 9.97 Å². The monoisotopic (exact) mass is 421 g/mol. The van der Waals surface area contributed by atoms with Crippen LogP contribution in [0, 0.1) is 0 Å². The van der Waals surface area contributed by atoms with Crippen LogP contribution in [0.2, 0.25) is 0 Å². The highest BCUT2D eigenvalue weighted by atomic mass is 32.1.